The highest BCUT2D eigenvalue weighted by molar-refractivity contribution is 5.32. The fourth-order valence-electron chi connectivity index (χ4n) is 0.990. The average Bonchev–Trinajstić information content (AvgIpc) is 2.18. The highest BCUT2D eigenvalue weighted by atomic mass is 16.5. The molecule has 0 aliphatic carbocycles. The predicted molar refractivity (Wildman–Crippen MR) is 53.4 cm³/mol. The van der Waals surface area contributed by atoms with E-state index in [0.29, 0.717) is 0 Å². The summed E-state index contributed by atoms with van der Waals surface area (Å²) in [6.45, 7) is 4.16. The van der Waals surface area contributed by atoms with Crippen molar-refractivity contribution in [2.75, 3.05) is 7.11 Å². The van der Waals surface area contributed by atoms with Gasteiger partial charge in [-0.2, -0.15) is 0 Å². The standard InChI is InChI=1S/C11H16O2/c1-4-9(2)13-11-7-5-6-10(8-11)12-3/h5-9H,4H2,1-3H3. The first-order valence-corrected chi connectivity index (χ1v) is 4.57. The number of methoxy groups -OCH3 is 1. The summed E-state index contributed by atoms with van der Waals surface area (Å²) in [6.07, 6.45) is 1.27. The Bertz CT molecular complexity index is 258. The molecule has 1 aromatic carbocycles. The molecule has 1 unspecified atom stereocenters. The van der Waals surface area contributed by atoms with E-state index in [9.17, 15) is 0 Å². The van der Waals surface area contributed by atoms with Gasteiger partial charge >= 0.3 is 0 Å². The Labute approximate surface area is 79.5 Å². The van der Waals surface area contributed by atoms with Crippen molar-refractivity contribution >= 4 is 0 Å². The van der Waals surface area contributed by atoms with Crippen LogP contribution in [0.15, 0.2) is 24.3 Å². The molecule has 72 valence electrons. The number of rotatable bonds is 4. The van der Waals surface area contributed by atoms with Gasteiger partial charge in [-0.05, 0) is 25.5 Å². The second-order valence-corrected chi connectivity index (χ2v) is 3.02. The van der Waals surface area contributed by atoms with Crippen molar-refractivity contribution in [1.82, 2.24) is 0 Å². The minimum Gasteiger partial charge on any atom is -0.497 e. The molecular weight excluding hydrogens is 164 g/mol. The molecule has 0 amide bonds. The predicted octanol–water partition coefficient (Wildman–Crippen LogP) is 2.87. The van der Waals surface area contributed by atoms with Gasteiger partial charge in [-0.1, -0.05) is 13.0 Å². The van der Waals surface area contributed by atoms with Crippen LogP contribution in [-0.4, -0.2) is 13.2 Å². The molecule has 0 radical (unpaired) electrons. The van der Waals surface area contributed by atoms with Gasteiger partial charge in [0.2, 0.25) is 0 Å². The highest BCUT2D eigenvalue weighted by Crippen LogP contribution is 2.20. The van der Waals surface area contributed by atoms with Crippen LogP contribution in [0.5, 0.6) is 11.5 Å². The second kappa shape index (κ2) is 4.75. The van der Waals surface area contributed by atoms with Crippen molar-refractivity contribution < 1.29 is 9.47 Å². The molecule has 0 fully saturated rings. The van der Waals surface area contributed by atoms with E-state index < -0.39 is 0 Å². The fourth-order valence-corrected chi connectivity index (χ4v) is 0.990. The van der Waals surface area contributed by atoms with Crippen molar-refractivity contribution in [3.63, 3.8) is 0 Å². The number of ether oxygens (including phenoxy) is 2. The lowest BCUT2D eigenvalue weighted by atomic mass is 10.3. The third-order valence-corrected chi connectivity index (χ3v) is 1.95. The van der Waals surface area contributed by atoms with Crippen LogP contribution < -0.4 is 9.47 Å². The molecule has 1 aromatic rings. The van der Waals surface area contributed by atoms with Gasteiger partial charge in [0.25, 0.3) is 0 Å². The summed E-state index contributed by atoms with van der Waals surface area (Å²) in [5.74, 6) is 1.70. The molecule has 0 aliphatic rings. The molecule has 0 saturated carbocycles. The van der Waals surface area contributed by atoms with Crippen molar-refractivity contribution in [3.8, 4) is 11.5 Å². The largest absolute Gasteiger partial charge is 0.497 e. The SMILES string of the molecule is CCC(C)Oc1cccc(OC)c1. The van der Waals surface area contributed by atoms with Gasteiger partial charge in [0.1, 0.15) is 11.5 Å². The van der Waals surface area contributed by atoms with Gasteiger partial charge in [0, 0.05) is 6.07 Å². The van der Waals surface area contributed by atoms with Gasteiger partial charge in [0.05, 0.1) is 13.2 Å². The van der Waals surface area contributed by atoms with E-state index in [2.05, 4.69) is 13.8 Å². The molecule has 0 saturated heterocycles. The molecule has 0 aromatic heterocycles. The summed E-state index contributed by atoms with van der Waals surface area (Å²) >= 11 is 0. The molecule has 2 heteroatoms. The summed E-state index contributed by atoms with van der Waals surface area (Å²) in [4.78, 5) is 0. The normalized spacial score (nSPS) is 12.2. The number of hydrogen-bond donors (Lipinski definition) is 0. The van der Waals surface area contributed by atoms with Crippen LogP contribution in [0, 0.1) is 0 Å². The van der Waals surface area contributed by atoms with Crippen molar-refractivity contribution in [3.05, 3.63) is 24.3 Å². The van der Waals surface area contributed by atoms with Gasteiger partial charge in [-0.25, -0.2) is 0 Å². The maximum Gasteiger partial charge on any atom is 0.123 e. The molecule has 0 aliphatic heterocycles. The van der Waals surface area contributed by atoms with Crippen LogP contribution in [0.1, 0.15) is 20.3 Å². The quantitative estimate of drug-likeness (QED) is 0.709. The monoisotopic (exact) mass is 180 g/mol. The van der Waals surface area contributed by atoms with Gasteiger partial charge < -0.3 is 9.47 Å². The molecule has 1 atom stereocenters. The highest BCUT2D eigenvalue weighted by Gasteiger charge is 2.01. The zero-order valence-corrected chi connectivity index (χ0v) is 8.41. The van der Waals surface area contributed by atoms with E-state index in [1.54, 1.807) is 7.11 Å². The minimum absolute atomic E-state index is 0.257. The van der Waals surface area contributed by atoms with Crippen LogP contribution in [-0.2, 0) is 0 Å². The fraction of sp³-hybridized carbons (Fsp3) is 0.455. The Hall–Kier alpha value is -1.18. The van der Waals surface area contributed by atoms with Gasteiger partial charge in [-0.3, -0.25) is 0 Å². The van der Waals surface area contributed by atoms with E-state index in [1.807, 2.05) is 24.3 Å². The Balaban J connectivity index is 2.66. The zero-order chi connectivity index (χ0) is 9.68. The summed E-state index contributed by atoms with van der Waals surface area (Å²) in [5.41, 5.74) is 0. The second-order valence-electron chi connectivity index (χ2n) is 3.02. The molecular formula is C11H16O2. The Morgan fingerprint density at radius 3 is 2.62 bits per heavy atom. The first-order valence-electron chi connectivity index (χ1n) is 4.57. The van der Waals surface area contributed by atoms with Crippen LogP contribution >= 0.6 is 0 Å². The molecule has 13 heavy (non-hydrogen) atoms. The zero-order valence-electron chi connectivity index (χ0n) is 8.41. The van der Waals surface area contributed by atoms with E-state index in [1.165, 1.54) is 0 Å². The van der Waals surface area contributed by atoms with E-state index in [-0.39, 0.29) is 6.10 Å². The van der Waals surface area contributed by atoms with Crippen LogP contribution in [0.4, 0.5) is 0 Å². The van der Waals surface area contributed by atoms with Crippen LogP contribution in [0.2, 0.25) is 0 Å². The smallest absolute Gasteiger partial charge is 0.123 e. The third-order valence-electron chi connectivity index (χ3n) is 1.95. The lowest BCUT2D eigenvalue weighted by Crippen LogP contribution is -2.09. The molecule has 2 nitrogen and oxygen atoms in total. The van der Waals surface area contributed by atoms with Crippen molar-refractivity contribution in [2.45, 2.75) is 26.4 Å². The Kier molecular flexibility index (Phi) is 3.62. The first-order chi connectivity index (χ1) is 6.26. The molecule has 0 N–H and O–H groups in total. The maximum atomic E-state index is 5.63. The average molecular weight is 180 g/mol. The van der Waals surface area contributed by atoms with E-state index in [4.69, 9.17) is 9.47 Å². The number of hydrogen-bond acceptors (Lipinski definition) is 2. The molecule has 1 rings (SSSR count). The summed E-state index contributed by atoms with van der Waals surface area (Å²) in [7, 11) is 1.66. The van der Waals surface area contributed by atoms with Crippen molar-refractivity contribution in [2.24, 2.45) is 0 Å². The number of benzene rings is 1. The maximum absolute atomic E-state index is 5.63. The summed E-state index contributed by atoms with van der Waals surface area (Å²) in [5, 5.41) is 0. The van der Waals surface area contributed by atoms with Crippen LogP contribution in [0.3, 0.4) is 0 Å². The first kappa shape index (κ1) is 9.90. The lowest BCUT2D eigenvalue weighted by molar-refractivity contribution is 0.216. The van der Waals surface area contributed by atoms with Crippen LogP contribution in [0.25, 0.3) is 0 Å². The van der Waals surface area contributed by atoms with E-state index >= 15 is 0 Å². The Morgan fingerprint density at radius 1 is 1.31 bits per heavy atom. The van der Waals surface area contributed by atoms with E-state index in [0.717, 1.165) is 17.9 Å². The summed E-state index contributed by atoms with van der Waals surface area (Å²) < 4.78 is 10.7. The molecule has 0 spiro atoms. The molecule has 0 bridgehead atoms. The lowest BCUT2D eigenvalue weighted by Gasteiger charge is -2.12. The minimum atomic E-state index is 0.257. The van der Waals surface area contributed by atoms with Crippen molar-refractivity contribution in [1.29, 1.82) is 0 Å². The molecule has 0 heterocycles. The van der Waals surface area contributed by atoms with Gasteiger partial charge in [-0.15, -0.1) is 0 Å². The van der Waals surface area contributed by atoms with Gasteiger partial charge in [0.15, 0.2) is 0 Å². The topological polar surface area (TPSA) is 18.5 Å². The summed E-state index contributed by atoms with van der Waals surface area (Å²) in [6, 6.07) is 7.67. The Morgan fingerprint density at radius 2 is 2.00 bits per heavy atom. The third kappa shape index (κ3) is 2.98.